The summed E-state index contributed by atoms with van der Waals surface area (Å²) in [4.78, 5) is 13.0. The molecule has 5 rings (SSSR count). The summed E-state index contributed by atoms with van der Waals surface area (Å²) in [5, 5.41) is 2.81. The van der Waals surface area contributed by atoms with Crippen LogP contribution in [0.1, 0.15) is 12.0 Å². The third-order valence-corrected chi connectivity index (χ3v) is 9.66. The van der Waals surface area contributed by atoms with Crippen LogP contribution in [0.5, 0.6) is 5.75 Å². The molecule has 1 saturated carbocycles. The molecule has 1 aliphatic carbocycles. The molecule has 2 heterocycles. The second-order valence-corrected chi connectivity index (χ2v) is 11.1. The van der Waals surface area contributed by atoms with Gasteiger partial charge in [0.2, 0.25) is 15.9 Å². The quantitative estimate of drug-likeness (QED) is 0.763. The Kier molecular flexibility index (Phi) is 4.60. The molecule has 2 aliphatic heterocycles. The van der Waals surface area contributed by atoms with Gasteiger partial charge in [-0.2, -0.15) is 16.1 Å². The number of nitrogens with one attached hydrogen (secondary N) is 1. The molecule has 152 valence electrons. The maximum atomic E-state index is 13.2. The van der Waals surface area contributed by atoms with Crippen molar-refractivity contribution in [2.24, 2.45) is 5.92 Å². The molecule has 0 radical (unpaired) electrons. The van der Waals surface area contributed by atoms with E-state index in [0.717, 1.165) is 22.8 Å². The molecular formula is C21H22N2O4S2. The molecular weight excluding hydrogens is 408 g/mol. The fourth-order valence-corrected chi connectivity index (χ4v) is 6.98. The first kappa shape index (κ1) is 19.0. The molecule has 0 spiro atoms. The number of carbonyl (C=O) groups is 1. The lowest BCUT2D eigenvalue weighted by molar-refractivity contribution is -0.116. The molecule has 6 nitrogen and oxygen atoms in total. The fraction of sp³-hybridized carbons (Fsp3) is 0.381. The Balaban J connectivity index is 1.27. The Morgan fingerprint density at radius 2 is 1.86 bits per heavy atom. The van der Waals surface area contributed by atoms with Crippen molar-refractivity contribution in [2.45, 2.75) is 23.8 Å². The van der Waals surface area contributed by atoms with Gasteiger partial charge in [-0.3, -0.25) is 4.79 Å². The molecule has 1 N–H and O–H groups in total. The molecule has 2 aromatic carbocycles. The van der Waals surface area contributed by atoms with Gasteiger partial charge in [0, 0.05) is 36.2 Å². The highest BCUT2D eigenvalue weighted by Crippen LogP contribution is 2.58. The monoisotopic (exact) mass is 430 g/mol. The summed E-state index contributed by atoms with van der Waals surface area (Å²) in [6.07, 6.45) is 0.651. The Hall–Kier alpha value is -2.03. The second kappa shape index (κ2) is 7.04. The van der Waals surface area contributed by atoms with Crippen LogP contribution in [0.4, 0.5) is 5.69 Å². The molecule has 3 aliphatic rings. The van der Waals surface area contributed by atoms with E-state index in [4.69, 9.17) is 4.74 Å². The standard InChI is InChI=1S/C21H22N2O4S2/c24-20(22-17-6-8-18(9-7-17)27-19-13-28-14-19)21-10-16(21)12-23(29(21,25)26)11-15-4-2-1-3-5-15/h1-9,16,19H,10-14H2,(H,22,24)/t16-,21+/m1/s1. The highest BCUT2D eigenvalue weighted by molar-refractivity contribution is 8.00. The van der Waals surface area contributed by atoms with Gasteiger partial charge in [0.25, 0.3) is 0 Å². The van der Waals surface area contributed by atoms with E-state index >= 15 is 0 Å². The Labute approximate surface area is 174 Å². The second-order valence-electron chi connectivity index (χ2n) is 7.83. The van der Waals surface area contributed by atoms with Crippen molar-refractivity contribution in [3.63, 3.8) is 0 Å². The first-order valence-electron chi connectivity index (χ1n) is 9.68. The number of carbonyl (C=O) groups excluding carboxylic acids is 1. The molecule has 8 heteroatoms. The topological polar surface area (TPSA) is 75.7 Å². The number of ether oxygens (including phenoxy) is 1. The van der Waals surface area contributed by atoms with Crippen molar-refractivity contribution in [2.75, 3.05) is 23.4 Å². The van der Waals surface area contributed by atoms with Gasteiger partial charge in [-0.25, -0.2) is 8.42 Å². The number of anilines is 1. The number of nitrogens with zero attached hydrogens (tertiary/aromatic N) is 1. The number of thioether (sulfide) groups is 1. The summed E-state index contributed by atoms with van der Waals surface area (Å²) >= 11 is 1.85. The highest BCUT2D eigenvalue weighted by atomic mass is 32.2. The van der Waals surface area contributed by atoms with E-state index < -0.39 is 20.7 Å². The smallest absolute Gasteiger partial charge is 0.247 e. The Morgan fingerprint density at radius 1 is 1.14 bits per heavy atom. The lowest BCUT2D eigenvalue weighted by Crippen LogP contribution is -2.41. The van der Waals surface area contributed by atoms with E-state index in [1.807, 2.05) is 54.2 Å². The summed E-state index contributed by atoms with van der Waals surface area (Å²) in [6.45, 7) is 0.705. The lowest BCUT2D eigenvalue weighted by atomic mass is 10.2. The number of amides is 1. The minimum atomic E-state index is -3.70. The summed E-state index contributed by atoms with van der Waals surface area (Å²) in [7, 11) is -3.70. The minimum Gasteiger partial charge on any atom is -0.489 e. The lowest BCUT2D eigenvalue weighted by Gasteiger charge is -2.26. The van der Waals surface area contributed by atoms with Crippen LogP contribution in [0.2, 0.25) is 0 Å². The average molecular weight is 431 g/mol. The zero-order valence-electron chi connectivity index (χ0n) is 15.8. The maximum absolute atomic E-state index is 13.2. The van der Waals surface area contributed by atoms with Gasteiger partial charge >= 0.3 is 0 Å². The zero-order valence-corrected chi connectivity index (χ0v) is 17.4. The largest absolute Gasteiger partial charge is 0.489 e. The number of hydrogen-bond donors (Lipinski definition) is 1. The third kappa shape index (κ3) is 3.23. The van der Waals surface area contributed by atoms with E-state index in [2.05, 4.69) is 5.32 Å². The summed E-state index contributed by atoms with van der Waals surface area (Å²) in [6, 6.07) is 16.6. The van der Waals surface area contributed by atoms with Crippen molar-refractivity contribution in [1.29, 1.82) is 0 Å². The maximum Gasteiger partial charge on any atom is 0.247 e. The van der Waals surface area contributed by atoms with Crippen molar-refractivity contribution in [3.8, 4) is 5.75 Å². The van der Waals surface area contributed by atoms with Crippen LogP contribution in [0.3, 0.4) is 0 Å². The van der Waals surface area contributed by atoms with Gasteiger partial charge in [-0.05, 0) is 36.2 Å². The molecule has 3 fully saturated rings. The Morgan fingerprint density at radius 3 is 2.52 bits per heavy atom. The third-order valence-electron chi connectivity index (χ3n) is 5.88. The van der Waals surface area contributed by atoms with Crippen LogP contribution in [0, 0.1) is 5.92 Å². The van der Waals surface area contributed by atoms with Crippen LogP contribution in [0.25, 0.3) is 0 Å². The number of benzene rings is 2. The van der Waals surface area contributed by atoms with Gasteiger partial charge < -0.3 is 10.1 Å². The van der Waals surface area contributed by atoms with Crippen molar-refractivity contribution >= 4 is 33.4 Å². The molecule has 0 aromatic heterocycles. The molecule has 0 unspecified atom stereocenters. The van der Waals surface area contributed by atoms with Crippen LogP contribution >= 0.6 is 11.8 Å². The van der Waals surface area contributed by atoms with E-state index in [-0.39, 0.29) is 12.0 Å². The first-order chi connectivity index (χ1) is 14.0. The van der Waals surface area contributed by atoms with Crippen molar-refractivity contribution < 1.29 is 17.9 Å². The van der Waals surface area contributed by atoms with Crippen LogP contribution in [-0.2, 0) is 21.4 Å². The Bertz CT molecular complexity index is 1020. The molecule has 29 heavy (non-hydrogen) atoms. The SMILES string of the molecule is O=C(Nc1ccc(OC2CSC2)cc1)[C@]12C[C@@H]1CN(Cc1ccccc1)S2(=O)=O. The van der Waals surface area contributed by atoms with E-state index in [9.17, 15) is 13.2 Å². The molecule has 2 atom stereocenters. The zero-order chi connectivity index (χ0) is 20.1. The van der Waals surface area contributed by atoms with E-state index in [0.29, 0.717) is 25.2 Å². The van der Waals surface area contributed by atoms with Crippen LogP contribution < -0.4 is 10.1 Å². The normalized spacial score (nSPS) is 27.7. The van der Waals surface area contributed by atoms with Gasteiger partial charge in [-0.1, -0.05) is 30.3 Å². The van der Waals surface area contributed by atoms with Gasteiger partial charge in [0.15, 0.2) is 4.75 Å². The first-order valence-corrected chi connectivity index (χ1v) is 12.3. The van der Waals surface area contributed by atoms with Crippen LogP contribution in [-0.4, -0.2) is 47.5 Å². The van der Waals surface area contributed by atoms with Gasteiger partial charge in [0.1, 0.15) is 11.9 Å². The van der Waals surface area contributed by atoms with E-state index in [1.165, 1.54) is 4.31 Å². The average Bonchev–Trinajstić information content (AvgIpc) is 3.37. The number of hydrogen-bond acceptors (Lipinski definition) is 5. The fourth-order valence-electron chi connectivity index (χ4n) is 4.07. The number of fused-ring (bicyclic) bond motifs is 1. The van der Waals surface area contributed by atoms with Crippen molar-refractivity contribution in [1.82, 2.24) is 4.31 Å². The number of rotatable bonds is 6. The van der Waals surface area contributed by atoms with Crippen molar-refractivity contribution in [3.05, 3.63) is 60.2 Å². The van der Waals surface area contributed by atoms with Crippen LogP contribution in [0.15, 0.2) is 54.6 Å². The molecule has 2 saturated heterocycles. The summed E-state index contributed by atoms with van der Waals surface area (Å²) < 4.78 is 32.2. The van der Waals surface area contributed by atoms with Gasteiger partial charge in [0.05, 0.1) is 0 Å². The minimum absolute atomic E-state index is 0.144. The predicted octanol–water partition coefficient (Wildman–Crippen LogP) is 2.72. The highest BCUT2D eigenvalue weighted by Gasteiger charge is 2.75. The summed E-state index contributed by atoms with van der Waals surface area (Å²) in [5.74, 6) is 2.19. The van der Waals surface area contributed by atoms with Gasteiger partial charge in [-0.15, -0.1) is 0 Å². The van der Waals surface area contributed by atoms with E-state index in [1.54, 1.807) is 12.1 Å². The predicted molar refractivity (Wildman–Crippen MR) is 113 cm³/mol. The number of sulfonamides is 1. The molecule has 0 bridgehead atoms. The molecule has 1 amide bonds. The summed E-state index contributed by atoms with van der Waals surface area (Å²) in [5.41, 5.74) is 1.51. The molecule has 2 aromatic rings.